The number of alkyl carbamates (subject to hydrolysis) is 1. The van der Waals surface area contributed by atoms with Gasteiger partial charge in [-0.2, -0.15) is 0 Å². The number of benzene rings is 1. The molecule has 258 valence electrons. The number of rotatable bonds is 25. The molecule has 1 aromatic rings. The van der Waals surface area contributed by atoms with Gasteiger partial charge < -0.3 is 25.6 Å². The van der Waals surface area contributed by atoms with Crippen LogP contribution in [0.1, 0.15) is 107 Å². The van der Waals surface area contributed by atoms with E-state index < -0.39 is 24.1 Å². The minimum Gasteiger partial charge on any atom is -0.480 e. The fourth-order valence-corrected chi connectivity index (χ4v) is 4.86. The molecule has 0 saturated carbocycles. The molecule has 0 aliphatic carbocycles. The number of amides is 4. The van der Waals surface area contributed by atoms with Crippen molar-refractivity contribution in [2.24, 2.45) is 0 Å². The van der Waals surface area contributed by atoms with Crippen LogP contribution >= 0.6 is 0 Å². The molecule has 0 bridgehead atoms. The van der Waals surface area contributed by atoms with E-state index in [1.165, 1.54) is 24.7 Å². The quantitative estimate of drug-likeness (QED) is 0.0802. The Morgan fingerprint density at radius 3 is 1.98 bits per heavy atom. The number of carboxylic acid groups (broad SMARTS) is 2. The predicted molar refractivity (Wildman–Crippen MR) is 167 cm³/mol. The van der Waals surface area contributed by atoms with Crippen LogP contribution in [0.3, 0.4) is 0 Å². The topological polar surface area (TPSA) is 200 Å². The number of ether oxygens (including phenoxy) is 1. The summed E-state index contributed by atoms with van der Waals surface area (Å²) in [5, 5.41) is 29.0. The van der Waals surface area contributed by atoms with Crippen molar-refractivity contribution in [2.45, 2.75) is 109 Å². The van der Waals surface area contributed by atoms with Crippen LogP contribution in [0, 0.1) is 24.7 Å². The molecule has 4 amide bonds. The molecule has 6 N–H and O–H groups in total. The third-order valence-electron chi connectivity index (χ3n) is 7.03. The first-order chi connectivity index (χ1) is 22.0. The second-order valence-corrected chi connectivity index (χ2v) is 12.9. The van der Waals surface area contributed by atoms with E-state index in [4.69, 9.17) is 9.84 Å². The Labute approximate surface area is 286 Å². The number of unbranched alkanes of at least 4 members (excludes halogenated alkanes) is 6. The molecule has 14 heteroatoms. The number of carboxylic acids is 2. The maximum absolute atomic E-state index is 12.3. The number of hydrogen-bond acceptors (Lipinski definition) is 7. The summed E-state index contributed by atoms with van der Waals surface area (Å²) in [6.45, 7) is 2.92. The Balaban J connectivity index is 2.02. The van der Waals surface area contributed by atoms with Crippen LogP contribution in [0.25, 0.3) is 0 Å². The van der Waals surface area contributed by atoms with E-state index in [-0.39, 0.29) is 49.6 Å². The average Bonchev–Trinajstić information content (AvgIpc) is 3.00. The van der Waals surface area contributed by atoms with E-state index in [9.17, 15) is 33.9 Å². The fourth-order valence-electron chi connectivity index (χ4n) is 4.37. The van der Waals surface area contributed by atoms with Crippen LogP contribution in [-0.4, -0.2) is 77.7 Å². The summed E-state index contributed by atoms with van der Waals surface area (Å²) in [4.78, 5) is 70.2. The average molecular weight is 845 g/mol. The van der Waals surface area contributed by atoms with Crippen molar-refractivity contribution in [1.29, 1.82) is 0 Å². The second-order valence-electron chi connectivity index (χ2n) is 11.2. The molecular formula is C32H49AtN4O9. The van der Waals surface area contributed by atoms with Gasteiger partial charge in [-0.3, -0.25) is 14.4 Å². The Hall–Kier alpha value is -3.28. The van der Waals surface area contributed by atoms with Gasteiger partial charge >= 0.3 is 129 Å². The minimum absolute atomic E-state index is 0.0224. The maximum atomic E-state index is 12.3. The van der Waals surface area contributed by atoms with Crippen molar-refractivity contribution >= 4 is 39.0 Å². The van der Waals surface area contributed by atoms with Gasteiger partial charge in [0.1, 0.15) is 0 Å². The summed E-state index contributed by atoms with van der Waals surface area (Å²) in [5.41, 5.74) is 0.582. The molecule has 0 spiro atoms. The first-order valence-corrected chi connectivity index (χ1v) is 17.4. The van der Waals surface area contributed by atoms with Gasteiger partial charge in [0, 0.05) is 31.8 Å². The van der Waals surface area contributed by atoms with Gasteiger partial charge in [-0.1, -0.05) is 12.8 Å². The monoisotopic (exact) mass is 844 g/mol. The molecule has 0 heterocycles. The van der Waals surface area contributed by atoms with Crippen LogP contribution in [-0.2, 0) is 23.9 Å². The van der Waals surface area contributed by atoms with Gasteiger partial charge in [-0.05, 0) is 45.4 Å². The van der Waals surface area contributed by atoms with Crippen LogP contribution in [0.5, 0.6) is 0 Å². The molecule has 0 radical (unpaired) electrons. The van der Waals surface area contributed by atoms with E-state index in [1.54, 1.807) is 19.1 Å². The Morgan fingerprint density at radius 2 is 1.33 bits per heavy atom. The summed E-state index contributed by atoms with van der Waals surface area (Å²) in [6, 6.07) is 6.07. The summed E-state index contributed by atoms with van der Waals surface area (Å²) in [7, 11) is 0. The Kier molecular flexibility index (Phi) is 22.0. The van der Waals surface area contributed by atoms with E-state index in [0.717, 1.165) is 29.0 Å². The summed E-state index contributed by atoms with van der Waals surface area (Å²) in [6.07, 6.45) is 6.80. The zero-order chi connectivity index (χ0) is 34.2. The molecule has 1 aromatic carbocycles. The fraction of sp³-hybridized carbons (Fsp3) is 0.625. The first kappa shape index (κ1) is 40.7. The predicted octanol–water partition coefficient (Wildman–Crippen LogP) is 2.94. The third-order valence-corrected chi connectivity index (χ3v) is 8.01. The third kappa shape index (κ3) is 21.5. The zero-order valence-electron chi connectivity index (χ0n) is 26.6. The number of nitrogens with one attached hydrogen (secondary N) is 4. The Morgan fingerprint density at radius 1 is 0.717 bits per heavy atom. The van der Waals surface area contributed by atoms with Crippen molar-refractivity contribution in [3.63, 3.8) is 0 Å². The van der Waals surface area contributed by atoms with Gasteiger partial charge in [-0.25, -0.2) is 9.59 Å². The van der Waals surface area contributed by atoms with Crippen molar-refractivity contribution in [3.8, 4) is 0 Å². The summed E-state index contributed by atoms with van der Waals surface area (Å²) >= 11 is 1.54. The van der Waals surface area contributed by atoms with Gasteiger partial charge in [-0.15, -0.1) is 0 Å². The summed E-state index contributed by atoms with van der Waals surface area (Å²) in [5.74, 6) is -2.51. The van der Waals surface area contributed by atoms with E-state index in [1.807, 2.05) is 12.1 Å². The van der Waals surface area contributed by atoms with Gasteiger partial charge in [0.15, 0.2) is 0 Å². The standard InChI is InChI=1S/C32H49AtN4O9/c1-23(14-19-29(40)41)36-32(45)46-22-10-4-8-20-34-27(38)12-5-2-3-6-13-28(39)37-26(31(43)44)11-7-9-21-35-30(42)24-15-17-25(33)18-16-24/h15-18,23,26H,2-14,19-22H2,1H3,(H,34,38)(H,35,42)(H,36,45)(H,37,39)(H,40,41)(H,43,44)/t23-,26?/m1/s1/i33+1. The smallest absolute Gasteiger partial charge is 0.480 e. The molecule has 2 atom stereocenters. The molecule has 0 fully saturated rings. The number of aliphatic carboxylic acids is 2. The molecule has 0 aromatic heterocycles. The molecule has 0 saturated heterocycles. The second kappa shape index (κ2) is 24.9. The molecule has 0 aliphatic heterocycles. The van der Waals surface area contributed by atoms with Crippen LogP contribution < -0.4 is 24.5 Å². The van der Waals surface area contributed by atoms with Crippen LogP contribution in [0.2, 0.25) is 0 Å². The van der Waals surface area contributed by atoms with E-state index in [2.05, 4.69) is 21.3 Å². The zero-order valence-corrected chi connectivity index (χ0v) is 29.6. The van der Waals surface area contributed by atoms with Crippen molar-refractivity contribution < 1.29 is 68.4 Å². The van der Waals surface area contributed by atoms with Gasteiger partial charge in [0.05, 0.1) is 6.61 Å². The van der Waals surface area contributed by atoms with Gasteiger partial charge in [0.25, 0.3) is 0 Å². The van der Waals surface area contributed by atoms with Crippen molar-refractivity contribution in [1.82, 2.24) is 21.3 Å². The Bertz CT molecular complexity index is 1100. The number of carbonyl (C=O) groups excluding carboxylic acids is 4. The normalized spacial score (nSPS) is 12.0. The number of carbonyl (C=O) groups is 6. The SMILES string of the molecule is C[C@H](CCC(=O)O)NC(=O)OCCCCCNC(=O)CCCCCCC(=O)NC(CCCCNC(=O)c1ccc([211At])cc1)C(=O)O. The molecule has 1 unspecified atom stereocenters. The van der Waals surface area contributed by atoms with Crippen molar-refractivity contribution in [2.75, 3.05) is 19.7 Å². The number of hydrogen-bond donors (Lipinski definition) is 6. The molecule has 1 rings (SSSR count). The molecule has 46 heavy (non-hydrogen) atoms. The minimum atomic E-state index is -1.08. The first-order valence-electron chi connectivity index (χ1n) is 16.0. The molecule has 0 aliphatic rings. The van der Waals surface area contributed by atoms with Crippen molar-refractivity contribution in [3.05, 3.63) is 29.8 Å². The summed E-state index contributed by atoms with van der Waals surface area (Å²) < 4.78 is 6.20. The van der Waals surface area contributed by atoms with E-state index in [0.29, 0.717) is 63.6 Å². The van der Waals surface area contributed by atoms with Crippen LogP contribution in [0.4, 0.5) is 4.79 Å². The van der Waals surface area contributed by atoms with Crippen LogP contribution in [0.15, 0.2) is 24.3 Å². The molecular weight excluding hydrogens is 795 g/mol. The van der Waals surface area contributed by atoms with E-state index >= 15 is 0 Å². The van der Waals surface area contributed by atoms with Gasteiger partial charge in [0.2, 0.25) is 11.8 Å². The molecule has 13 nitrogen and oxygen atoms in total.